The van der Waals surface area contributed by atoms with Gasteiger partial charge in [-0.25, -0.2) is 14.0 Å². The van der Waals surface area contributed by atoms with Crippen molar-refractivity contribution in [2.24, 2.45) is 0 Å². The molecule has 194 valence electrons. The molecule has 4 rings (SSSR count). The first-order valence-electron chi connectivity index (χ1n) is 12.1. The van der Waals surface area contributed by atoms with Gasteiger partial charge in [-0.15, -0.1) is 0 Å². The number of carbonyl (C=O) groups is 2. The minimum absolute atomic E-state index is 0.120. The maximum absolute atomic E-state index is 16.0. The van der Waals surface area contributed by atoms with Crippen LogP contribution >= 0.6 is 0 Å². The van der Waals surface area contributed by atoms with E-state index >= 15 is 4.39 Å². The summed E-state index contributed by atoms with van der Waals surface area (Å²) in [7, 11) is 0.479. The van der Waals surface area contributed by atoms with Crippen molar-refractivity contribution in [1.82, 2.24) is 9.88 Å². The fraction of sp³-hybridized carbons (Fsp3) is 0.538. The number of carbonyl (C=O) groups excluding carboxylic acids is 2. The van der Waals surface area contributed by atoms with Crippen molar-refractivity contribution < 1.29 is 32.8 Å². The molecule has 1 amide bonds. The van der Waals surface area contributed by atoms with Gasteiger partial charge in [-0.1, -0.05) is 12.1 Å². The van der Waals surface area contributed by atoms with Crippen molar-refractivity contribution >= 4 is 41.1 Å². The Balaban J connectivity index is 1.80. The number of hydrogen-bond acceptors (Lipinski definition) is 6. The zero-order chi connectivity index (χ0) is 26.6. The molecule has 0 saturated carbocycles. The summed E-state index contributed by atoms with van der Waals surface area (Å²) in [6.07, 6.45) is 2.02. The van der Waals surface area contributed by atoms with E-state index in [1.54, 1.807) is 37.8 Å². The lowest BCUT2D eigenvalue weighted by Crippen LogP contribution is -2.41. The lowest BCUT2D eigenvalue weighted by molar-refractivity contribution is 0.00578. The number of ether oxygens (including phenoxy) is 2. The van der Waals surface area contributed by atoms with E-state index in [1.807, 2.05) is 33.8 Å². The maximum Gasteiger partial charge on any atom is 0.495 e. The van der Waals surface area contributed by atoms with E-state index in [4.69, 9.17) is 18.8 Å². The van der Waals surface area contributed by atoms with E-state index in [-0.39, 0.29) is 17.8 Å². The number of methoxy groups -OCH3 is 1. The average Bonchev–Trinajstić information content (AvgIpc) is 3.31. The fourth-order valence-corrected chi connectivity index (χ4v) is 4.33. The number of esters is 1. The third-order valence-electron chi connectivity index (χ3n) is 6.95. The Hall–Kier alpha value is -2.85. The number of aromatic amines is 1. The van der Waals surface area contributed by atoms with Gasteiger partial charge in [0.15, 0.2) is 5.82 Å². The van der Waals surface area contributed by atoms with Gasteiger partial charge in [0.05, 0.1) is 23.8 Å². The van der Waals surface area contributed by atoms with Gasteiger partial charge in [0.1, 0.15) is 11.3 Å². The highest BCUT2D eigenvalue weighted by atomic mass is 19.1. The lowest BCUT2D eigenvalue weighted by Gasteiger charge is -2.32. The van der Waals surface area contributed by atoms with Crippen molar-refractivity contribution in [3.63, 3.8) is 0 Å². The number of nitrogens with one attached hydrogen (secondary N) is 1. The predicted octanol–water partition coefficient (Wildman–Crippen LogP) is 4.42. The molecule has 1 aromatic heterocycles. The molecule has 1 saturated heterocycles. The van der Waals surface area contributed by atoms with Crippen LogP contribution in [0.3, 0.4) is 0 Å². The molecule has 1 fully saturated rings. The Bertz CT molecular complexity index is 1230. The number of hydrogen-bond donors (Lipinski definition) is 1. The molecular formula is C26H34BFN2O6. The second-order valence-corrected chi connectivity index (χ2v) is 11.3. The number of H-pyrrole nitrogens is 1. The minimum Gasteiger partial charge on any atom is -0.464 e. The molecule has 10 heteroatoms. The zero-order valence-electron chi connectivity index (χ0n) is 22.2. The third-order valence-corrected chi connectivity index (χ3v) is 6.95. The smallest absolute Gasteiger partial charge is 0.464 e. The van der Waals surface area contributed by atoms with Crippen molar-refractivity contribution in [3.8, 4) is 0 Å². The summed E-state index contributed by atoms with van der Waals surface area (Å²) in [5, 5.41) is 0.468. The Morgan fingerprint density at radius 1 is 1.14 bits per heavy atom. The van der Waals surface area contributed by atoms with Crippen LogP contribution in [0.1, 0.15) is 70.9 Å². The first-order chi connectivity index (χ1) is 16.6. The van der Waals surface area contributed by atoms with E-state index in [1.165, 1.54) is 7.11 Å². The molecule has 1 aromatic carbocycles. The van der Waals surface area contributed by atoms with Gasteiger partial charge in [-0.2, -0.15) is 0 Å². The molecule has 0 bridgehead atoms. The number of halogens is 1. The van der Waals surface area contributed by atoms with Crippen molar-refractivity contribution in [2.45, 2.75) is 71.7 Å². The van der Waals surface area contributed by atoms with E-state index < -0.39 is 41.8 Å². The SMILES string of the molecule is COC(=O)c1cc2c(B3OC(C)(C)C(C)(C)O3)cc(C3=CCCN(C(=O)OC(C)(C)C)C3)c(F)c2[nH]1. The van der Waals surface area contributed by atoms with Gasteiger partial charge in [0.2, 0.25) is 0 Å². The van der Waals surface area contributed by atoms with Crippen LogP contribution in [-0.4, -0.2) is 66.1 Å². The van der Waals surface area contributed by atoms with Crippen molar-refractivity contribution in [1.29, 1.82) is 0 Å². The second kappa shape index (κ2) is 8.92. The first-order valence-corrected chi connectivity index (χ1v) is 12.1. The van der Waals surface area contributed by atoms with E-state index in [2.05, 4.69) is 4.98 Å². The lowest BCUT2D eigenvalue weighted by atomic mass is 9.75. The van der Waals surface area contributed by atoms with Crippen LogP contribution in [-0.2, 0) is 18.8 Å². The molecule has 1 N–H and O–H groups in total. The number of benzene rings is 1. The topological polar surface area (TPSA) is 90.1 Å². The molecule has 2 aliphatic rings. The third kappa shape index (κ3) is 4.76. The Kier molecular flexibility index (Phi) is 6.50. The number of amides is 1. The summed E-state index contributed by atoms with van der Waals surface area (Å²) in [5.74, 6) is -1.14. The van der Waals surface area contributed by atoms with Crippen LogP contribution in [0, 0.1) is 5.82 Å². The molecule has 0 unspecified atom stereocenters. The van der Waals surface area contributed by atoms with Gasteiger partial charge in [-0.05, 0) is 72.0 Å². The van der Waals surface area contributed by atoms with Gasteiger partial charge >= 0.3 is 19.2 Å². The molecule has 0 radical (unpaired) electrons. The molecule has 0 spiro atoms. The normalized spacial score (nSPS) is 19.4. The van der Waals surface area contributed by atoms with E-state index in [0.29, 0.717) is 35.0 Å². The monoisotopic (exact) mass is 500 g/mol. The van der Waals surface area contributed by atoms with Crippen LogP contribution < -0.4 is 5.46 Å². The van der Waals surface area contributed by atoms with E-state index in [0.717, 1.165) is 0 Å². The summed E-state index contributed by atoms with van der Waals surface area (Å²) in [6, 6.07) is 3.25. The standard InChI is InChI=1S/C26H34BFN2O6/c1-24(2,3)34-23(32)30-11-9-10-15(14-30)16-12-18(27-35-25(4,5)26(6,7)36-27)17-13-19(22(31)33-8)29-21(17)20(16)28/h10,12-13,29H,9,11,14H2,1-8H3. The van der Waals surface area contributed by atoms with Crippen molar-refractivity contribution in [2.75, 3.05) is 20.2 Å². The molecule has 8 nitrogen and oxygen atoms in total. The highest BCUT2D eigenvalue weighted by Crippen LogP contribution is 2.38. The van der Waals surface area contributed by atoms with Gasteiger partial charge in [0.25, 0.3) is 0 Å². The summed E-state index contributed by atoms with van der Waals surface area (Å²) >= 11 is 0. The molecule has 2 aliphatic heterocycles. The fourth-order valence-electron chi connectivity index (χ4n) is 4.33. The Morgan fingerprint density at radius 3 is 2.36 bits per heavy atom. The second-order valence-electron chi connectivity index (χ2n) is 11.3. The summed E-state index contributed by atoms with van der Waals surface area (Å²) in [6.45, 7) is 13.8. The van der Waals surface area contributed by atoms with Crippen molar-refractivity contribution in [3.05, 3.63) is 35.3 Å². The van der Waals surface area contributed by atoms with Crippen LogP contribution in [0.5, 0.6) is 0 Å². The summed E-state index contributed by atoms with van der Waals surface area (Å²) < 4.78 is 38.9. The van der Waals surface area contributed by atoms with Crippen LogP contribution in [0.2, 0.25) is 0 Å². The van der Waals surface area contributed by atoms with E-state index in [9.17, 15) is 9.59 Å². The predicted molar refractivity (Wildman–Crippen MR) is 136 cm³/mol. The number of aromatic nitrogens is 1. The van der Waals surface area contributed by atoms with Gasteiger partial charge < -0.3 is 28.7 Å². The van der Waals surface area contributed by atoms with Crippen LogP contribution in [0.25, 0.3) is 16.5 Å². The Morgan fingerprint density at radius 2 is 1.78 bits per heavy atom. The summed E-state index contributed by atoms with van der Waals surface area (Å²) in [5.41, 5.74) is -0.0720. The summed E-state index contributed by atoms with van der Waals surface area (Å²) in [4.78, 5) is 29.4. The molecule has 0 aliphatic carbocycles. The zero-order valence-corrected chi connectivity index (χ0v) is 22.2. The largest absolute Gasteiger partial charge is 0.495 e. The molecule has 2 aromatic rings. The average molecular weight is 500 g/mol. The van der Waals surface area contributed by atoms with Gasteiger partial charge in [0, 0.05) is 24.0 Å². The van der Waals surface area contributed by atoms with Crippen LogP contribution in [0.15, 0.2) is 18.2 Å². The first kappa shape index (κ1) is 26.2. The number of rotatable bonds is 3. The Labute approximate surface area is 211 Å². The number of nitrogens with zero attached hydrogens (tertiary/aromatic N) is 1. The minimum atomic E-state index is -0.788. The molecule has 0 atom stereocenters. The van der Waals surface area contributed by atoms with Crippen LogP contribution in [0.4, 0.5) is 9.18 Å². The highest BCUT2D eigenvalue weighted by molar-refractivity contribution is 6.65. The highest BCUT2D eigenvalue weighted by Gasteiger charge is 2.52. The quantitative estimate of drug-likeness (QED) is 0.496. The van der Waals surface area contributed by atoms with Gasteiger partial charge in [-0.3, -0.25) is 0 Å². The molecule has 3 heterocycles. The number of fused-ring (bicyclic) bond motifs is 1. The maximum atomic E-state index is 16.0. The molecule has 36 heavy (non-hydrogen) atoms. The molecular weight excluding hydrogens is 466 g/mol.